The average molecular weight is 299 g/mol. The summed E-state index contributed by atoms with van der Waals surface area (Å²) in [6.07, 6.45) is 2.02. The van der Waals surface area contributed by atoms with Gasteiger partial charge in [0.05, 0.1) is 18.4 Å². The molecule has 1 heterocycles. The summed E-state index contributed by atoms with van der Waals surface area (Å²) in [7, 11) is 1.28. The van der Waals surface area contributed by atoms with Crippen LogP contribution in [0, 0.1) is 0 Å². The summed E-state index contributed by atoms with van der Waals surface area (Å²) in [6.45, 7) is 5.56. The standard InChI is InChI=1S/C13H21N3O3S/c1-4-6-7-16(5-2)12-8(11(15)17)9(14)10(20-12)13(18)19-3/h4-7,14H2,1-3H3,(H2,15,17). The maximum absolute atomic E-state index is 11.7. The van der Waals surface area contributed by atoms with E-state index >= 15 is 0 Å². The highest BCUT2D eigenvalue weighted by molar-refractivity contribution is 7.19. The second-order valence-corrected chi connectivity index (χ2v) is 5.31. The molecule has 7 heteroatoms. The predicted molar refractivity (Wildman–Crippen MR) is 81.4 cm³/mol. The third-order valence-electron chi connectivity index (χ3n) is 2.99. The van der Waals surface area contributed by atoms with Gasteiger partial charge in [-0.05, 0) is 13.3 Å². The fourth-order valence-corrected chi connectivity index (χ4v) is 3.12. The maximum Gasteiger partial charge on any atom is 0.350 e. The summed E-state index contributed by atoms with van der Waals surface area (Å²) in [5.41, 5.74) is 11.6. The molecule has 0 aliphatic rings. The first-order chi connectivity index (χ1) is 9.47. The van der Waals surface area contributed by atoms with Crippen LogP contribution >= 0.6 is 11.3 Å². The molecule has 1 aromatic rings. The molecule has 0 aromatic carbocycles. The molecule has 112 valence electrons. The zero-order chi connectivity index (χ0) is 15.3. The highest BCUT2D eigenvalue weighted by Gasteiger charge is 2.27. The minimum Gasteiger partial charge on any atom is -0.465 e. The summed E-state index contributed by atoms with van der Waals surface area (Å²) >= 11 is 1.16. The van der Waals surface area contributed by atoms with Crippen LogP contribution < -0.4 is 16.4 Å². The van der Waals surface area contributed by atoms with Crippen molar-refractivity contribution >= 4 is 33.9 Å². The number of primary amides is 1. The van der Waals surface area contributed by atoms with Crippen LogP contribution in [0.15, 0.2) is 0 Å². The Morgan fingerprint density at radius 1 is 1.35 bits per heavy atom. The molecule has 0 fully saturated rings. The van der Waals surface area contributed by atoms with Gasteiger partial charge < -0.3 is 21.1 Å². The van der Waals surface area contributed by atoms with Crippen molar-refractivity contribution in [3.05, 3.63) is 10.4 Å². The van der Waals surface area contributed by atoms with E-state index < -0.39 is 11.9 Å². The minimum atomic E-state index is -0.626. The molecule has 0 aliphatic carbocycles. The Bertz CT molecular complexity index is 499. The third kappa shape index (κ3) is 3.22. The maximum atomic E-state index is 11.7. The SMILES string of the molecule is CCCCN(CC)c1sc(C(=O)OC)c(N)c1C(N)=O. The van der Waals surface area contributed by atoms with E-state index in [1.165, 1.54) is 7.11 Å². The van der Waals surface area contributed by atoms with Gasteiger partial charge >= 0.3 is 5.97 Å². The molecule has 0 unspecified atom stereocenters. The summed E-state index contributed by atoms with van der Waals surface area (Å²) in [6, 6.07) is 0. The fourth-order valence-electron chi connectivity index (χ4n) is 1.89. The quantitative estimate of drug-likeness (QED) is 0.748. The van der Waals surface area contributed by atoms with E-state index in [9.17, 15) is 9.59 Å². The molecule has 0 bridgehead atoms. The number of methoxy groups -OCH3 is 1. The molecule has 1 aromatic heterocycles. The molecule has 4 N–H and O–H groups in total. The van der Waals surface area contributed by atoms with Gasteiger partial charge in [0.15, 0.2) is 0 Å². The van der Waals surface area contributed by atoms with Crippen molar-refractivity contribution in [3.8, 4) is 0 Å². The number of nitrogens with zero attached hydrogens (tertiary/aromatic N) is 1. The first-order valence-electron chi connectivity index (χ1n) is 6.53. The molecule has 0 saturated carbocycles. The van der Waals surface area contributed by atoms with Crippen LogP contribution in [0.25, 0.3) is 0 Å². The van der Waals surface area contributed by atoms with Gasteiger partial charge in [-0.2, -0.15) is 0 Å². The van der Waals surface area contributed by atoms with Crippen LogP contribution in [0.4, 0.5) is 10.7 Å². The Hall–Kier alpha value is -1.76. The number of thiophene rings is 1. The third-order valence-corrected chi connectivity index (χ3v) is 4.24. The molecular weight excluding hydrogens is 278 g/mol. The molecule has 0 spiro atoms. The molecule has 1 amide bonds. The van der Waals surface area contributed by atoms with E-state index in [4.69, 9.17) is 11.5 Å². The smallest absolute Gasteiger partial charge is 0.350 e. The van der Waals surface area contributed by atoms with Gasteiger partial charge in [-0.15, -0.1) is 11.3 Å². The Morgan fingerprint density at radius 3 is 2.45 bits per heavy atom. The van der Waals surface area contributed by atoms with E-state index in [1.54, 1.807) is 0 Å². The van der Waals surface area contributed by atoms with Crippen LogP contribution in [-0.2, 0) is 4.74 Å². The minimum absolute atomic E-state index is 0.110. The number of hydrogen-bond donors (Lipinski definition) is 2. The molecule has 0 atom stereocenters. The summed E-state index contributed by atoms with van der Waals surface area (Å²) in [5.74, 6) is -1.17. The van der Waals surface area contributed by atoms with E-state index in [0.29, 0.717) is 11.5 Å². The number of carbonyl (C=O) groups is 2. The number of esters is 1. The van der Waals surface area contributed by atoms with Crippen molar-refractivity contribution in [2.45, 2.75) is 26.7 Å². The van der Waals surface area contributed by atoms with Crippen molar-refractivity contribution < 1.29 is 14.3 Å². The van der Waals surface area contributed by atoms with Crippen LogP contribution in [-0.4, -0.2) is 32.1 Å². The Balaban J connectivity index is 3.29. The van der Waals surface area contributed by atoms with Crippen molar-refractivity contribution in [2.75, 3.05) is 30.8 Å². The number of hydrogen-bond acceptors (Lipinski definition) is 6. The van der Waals surface area contributed by atoms with Crippen molar-refractivity contribution in [1.82, 2.24) is 0 Å². The second kappa shape index (κ2) is 7.14. The van der Waals surface area contributed by atoms with E-state index in [-0.39, 0.29) is 16.1 Å². The van der Waals surface area contributed by atoms with Gasteiger partial charge in [0.25, 0.3) is 5.91 Å². The van der Waals surface area contributed by atoms with E-state index in [2.05, 4.69) is 11.7 Å². The number of amides is 1. The lowest BCUT2D eigenvalue weighted by molar-refractivity contribution is 0.0607. The lowest BCUT2D eigenvalue weighted by Gasteiger charge is -2.22. The summed E-state index contributed by atoms with van der Waals surface area (Å²) in [5, 5.41) is 0.645. The lowest BCUT2D eigenvalue weighted by Crippen LogP contribution is -2.26. The molecule has 0 saturated heterocycles. The lowest BCUT2D eigenvalue weighted by atomic mass is 10.2. The van der Waals surface area contributed by atoms with E-state index in [1.807, 2.05) is 11.8 Å². The fraction of sp³-hybridized carbons (Fsp3) is 0.538. The Labute approximate surface area is 122 Å². The number of carbonyl (C=O) groups excluding carboxylic acids is 2. The van der Waals surface area contributed by atoms with E-state index in [0.717, 1.165) is 30.7 Å². The molecule has 0 aliphatic heterocycles. The second-order valence-electron chi connectivity index (χ2n) is 4.31. The number of unbranched alkanes of at least 4 members (excludes halogenated alkanes) is 1. The monoisotopic (exact) mass is 299 g/mol. The predicted octanol–water partition coefficient (Wildman–Crippen LogP) is 1.84. The number of anilines is 2. The molecule has 6 nitrogen and oxygen atoms in total. The van der Waals surface area contributed by atoms with Gasteiger partial charge in [-0.1, -0.05) is 13.3 Å². The number of ether oxygens (including phenoxy) is 1. The largest absolute Gasteiger partial charge is 0.465 e. The first kappa shape index (κ1) is 16.3. The molecule has 20 heavy (non-hydrogen) atoms. The zero-order valence-electron chi connectivity index (χ0n) is 12.1. The normalized spacial score (nSPS) is 10.3. The Kier molecular flexibility index (Phi) is 5.82. The highest BCUT2D eigenvalue weighted by Crippen LogP contribution is 2.38. The molecule has 0 radical (unpaired) electrons. The number of nitrogen functional groups attached to an aromatic ring is 1. The summed E-state index contributed by atoms with van der Waals surface area (Å²) < 4.78 is 4.68. The number of nitrogens with two attached hydrogens (primary N) is 2. The van der Waals surface area contributed by atoms with Crippen LogP contribution in [0.1, 0.15) is 46.7 Å². The highest BCUT2D eigenvalue weighted by atomic mass is 32.1. The Morgan fingerprint density at radius 2 is 2.00 bits per heavy atom. The van der Waals surface area contributed by atoms with Crippen LogP contribution in [0.5, 0.6) is 0 Å². The van der Waals surface area contributed by atoms with Gasteiger partial charge in [0.1, 0.15) is 9.88 Å². The van der Waals surface area contributed by atoms with Gasteiger partial charge in [-0.25, -0.2) is 4.79 Å². The average Bonchev–Trinajstić information content (AvgIpc) is 2.76. The molecular formula is C13H21N3O3S. The zero-order valence-corrected chi connectivity index (χ0v) is 12.9. The van der Waals surface area contributed by atoms with Gasteiger partial charge in [-0.3, -0.25) is 4.79 Å². The van der Waals surface area contributed by atoms with Crippen molar-refractivity contribution in [1.29, 1.82) is 0 Å². The van der Waals surface area contributed by atoms with Crippen LogP contribution in [0.3, 0.4) is 0 Å². The van der Waals surface area contributed by atoms with Crippen molar-refractivity contribution in [2.24, 2.45) is 5.73 Å². The first-order valence-corrected chi connectivity index (χ1v) is 7.34. The van der Waals surface area contributed by atoms with Crippen molar-refractivity contribution in [3.63, 3.8) is 0 Å². The topological polar surface area (TPSA) is 98.7 Å². The number of rotatable bonds is 7. The van der Waals surface area contributed by atoms with Gasteiger partial charge in [0, 0.05) is 13.1 Å². The van der Waals surface area contributed by atoms with Gasteiger partial charge in [0.2, 0.25) is 0 Å². The van der Waals surface area contributed by atoms with Crippen LogP contribution in [0.2, 0.25) is 0 Å². The molecule has 1 rings (SSSR count). The summed E-state index contributed by atoms with van der Waals surface area (Å²) in [4.78, 5) is 25.6.